The zero-order valence-corrected chi connectivity index (χ0v) is 20.9. The molecule has 7 nitrogen and oxygen atoms in total. The van der Waals surface area contributed by atoms with Gasteiger partial charge in [0.15, 0.2) is 4.80 Å². The topological polar surface area (TPSA) is 73.1 Å². The number of thiazole rings is 1. The molecular weight excluding hydrogens is 470 g/mol. The summed E-state index contributed by atoms with van der Waals surface area (Å²) in [6.45, 7) is 1.64. The molecular formula is C25H29N3O4S2. The van der Waals surface area contributed by atoms with Crippen molar-refractivity contribution in [2.24, 2.45) is 4.99 Å². The Bertz CT molecular complexity index is 1280. The van der Waals surface area contributed by atoms with Crippen molar-refractivity contribution in [3.8, 4) is 17.0 Å². The monoisotopic (exact) mass is 499 g/mol. The first-order chi connectivity index (χ1) is 16.6. The Morgan fingerprint density at radius 3 is 2.32 bits per heavy atom. The van der Waals surface area contributed by atoms with Crippen LogP contribution in [0.3, 0.4) is 0 Å². The fourth-order valence-corrected chi connectivity index (χ4v) is 7.02. The highest BCUT2D eigenvalue weighted by atomic mass is 32.2. The smallest absolute Gasteiger partial charge is 0.243 e. The summed E-state index contributed by atoms with van der Waals surface area (Å²) in [6, 6.07) is 15.4. The molecule has 1 saturated heterocycles. The van der Waals surface area contributed by atoms with Gasteiger partial charge in [0, 0.05) is 24.5 Å². The van der Waals surface area contributed by atoms with E-state index in [0.717, 1.165) is 40.3 Å². The van der Waals surface area contributed by atoms with Crippen LogP contribution in [0.5, 0.6) is 5.75 Å². The number of ether oxygens (including phenoxy) is 2. The maximum Gasteiger partial charge on any atom is 0.243 e. The van der Waals surface area contributed by atoms with Gasteiger partial charge in [0.1, 0.15) is 5.75 Å². The Morgan fingerprint density at radius 1 is 1.00 bits per heavy atom. The summed E-state index contributed by atoms with van der Waals surface area (Å²) in [6.07, 6.45) is 4.74. The Morgan fingerprint density at radius 2 is 1.68 bits per heavy atom. The van der Waals surface area contributed by atoms with E-state index in [9.17, 15) is 8.42 Å². The Balaban J connectivity index is 1.48. The maximum absolute atomic E-state index is 12.9. The van der Waals surface area contributed by atoms with Crippen LogP contribution in [-0.4, -0.2) is 50.7 Å². The van der Waals surface area contributed by atoms with Crippen LogP contribution in [0.2, 0.25) is 0 Å². The molecule has 2 aliphatic rings. The lowest BCUT2D eigenvalue weighted by atomic mass is 10.1. The molecule has 1 aliphatic heterocycles. The highest BCUT2D eigenvalue weighted by molar-refractivity contribution is 7.89. The number of rotatable bonds is 6. The third kappa shape index (κ3) is 4.70. The minimum atomic E-state index is -3.51. The second-order valence-electron chi connectivity index (χ2n) is 8.56. The highest BCUT2D eigenvalue weighted by Gasteiger charge is 2.26. The molecule has 1 aromatic heterocycles. The van der Waals surface area contributed by atoms with Crippen molar-refractivity contribution in [3.05, 3.63) is 58.7 Å². The molecule has 5 rings (SSSR count). The molecule has 0 unspecified atom stereocenters. The quantitative estimate of drug-likeness (QED) is 0.497. The van der Waals surface area contributed by atoms with Crippen LogP contribution >= 0.6 is 11.3 Å². The molecule has 34 heavy (non-hydrogen) atoms. The van der Waals surface area contributed by atoms with Gasteiger partial charge in [-0.05, 0) is 66.9 Å². The lowest BCUT2D eigenvalue weighted by Crippen LogP contribution is -2.40. The third-order valence-electron chi connectivity index (χ3n) is 6.49. The molecule has 0 N–H and O–H groups in total. The van der Waals surface area contributed by atoms with E-state index in [1.54, 1.807) is 42.7 Å². The van der Waals surface area contributed by atoms with Gasteiger partial charge in [-0.15, -0.1) is 11.3 Å². The molecule has 2 aromatic carbocycles. The van der Waals surface area contributed by atoms with E-state index in [1.807, 2.05) is 12.1 Å². The maximum atomic E-state index is 12.9. The van der Waals surface area contributed by atoms with Gasteiger partial charge in [-0.2, -0.15) is 4.31 Å². The van der Waals surface area contributed by atoms with Crippen LogP contribution in [-0.2, 0) is 14.8 Å². The van der Waals surface area contributed by atoms with E-state index in [2.05, 4.69) is 22.1 Å². The van der Waals surface area contributed by atoms with Crippen LogP contribution in [0.25, 0.3) is 11.3 Å². The summed E-state index contributed by atoms with van der Waals surface area (Å²) in [5, 5.41) is 2.16. The molecule has 180 valence electrons. The molecule has 2 fully saturated rings. The van der Waals surface area contributed by atoms with Gasteiger partial charge in [-0.1, -0.05) is 12.8 Å². The van der Waals surface area contributed by atoms with E-state index < -0.39 is 10.0 Å². The number of aromatic nitrogens is 1. The number of benzene rings is 2. The van der Waals surface area contributed by atoms with Crippen LogP contribution in [0.15, 0.2) is 63.8 Å². The predicted octanol–water partition coefficient (Wildman–Crippen LogP) is 4.59. The standard InChI is InChI=1S/C25H29N3O4S2/c1-31-22-10-6-19(7-11-22)24-18-33-25(28(24)21-4-2-3-5-21)26-20-8-12-23(13-9-20)34(29,30)27-14-16-32-17-15-27/h6-13,18,21H,2-5,14-17H2,1H3. The van der Waals surface area contributed by atoms with Crippen molar-refractivity contribution < 1.29 is 17.9 Å². The van der Waals surface area contributed by atoms with E-state index in [0.29, 0.717) is 37.2 Å². The van der Waals surface area contributed by atoms with Gasteiger partial charge >= 0.3 is 0 Å². The van der Waals surface area contributed by atoms with Gasteiger partial charge < -0.3 is 14.0 Å². The average molecular weight is 500 g/mol. The van der Waals surface area contributed by atoms with E-state index in [-0.39, 0.29) is 0 Å². The van der Waals surface area contributed by atoms with Crippen molar-refractivity contribution in [1.29, 1.82) is 0 Å². The largest absolute Gasteiger partial charge is 0.497 e. The number of hydrogen-bond acceptors (Lipinski definition) is 6. The molecule has 9 heteroatoms. The minimum Gasteiger partial charge on any atom is -0.497 e. The number of hydrogen-bond donors (Lipinski definition) is 0. The first-order valence-electron chi connectivity index (χ1n) is 11.6. The molecule has 0 radical (unpaired) electrons. The van der Waals surface area contributed by atoms with Gasteiger partial charge in [0.25, 0.3) is 0 Å². The second-order valence-corrected chi connectivity index (χ2v) is 11.3. The van der Waals surface area contributed by atoms with Gasteiger partial charge in [0.05, 0.1) is 36.6 Å². The molecule has 1 aliphatic carbocycles. The van der Waals surface area contributed by atoms with Gasteiger partial charge in [0.2, 0.25) is 10.0 Å². The first kappa shape index (κ1) is 23.3. The lowest BCUT2D eigenvalue weighted by Gasteiger charge is -2.26. The summed E-state index contributed by atoms with van der Waals surface area (Å²) in [5.74, 6) is 0.837. The van der Waals surface area contributed by atoms with Crippen molar-refractivity contribution in [3.63, 3.8) is 0 Å². The summed E-state index contributed by atoms with van der Waals surface area (Å²) < 4.78 is 40.3. The minimum absolute atomic E-state index is 0.294. The number of morpholine rings is 1. The fraction of sp³-hybridized carbons (Fsp3) is 0.400. The van der Waals surface area contributed by atoms with Crippen molar-refractivity contribution >= 4 is 27.0 Å². The van der Waals surface area contributed by atoms with Crippen molar-refractivity contribution in [1.82, 2.24) is 8.87 Å². The van der Waals surface area contributed by atoms with E-state index >= 15 is 0 Å². The summed E-state index contributed by atoms with van der Waals surface area (Å²) in [4.78, 5) is 6.16. The average Bonchev–Trinajstić information content (AvgIpc) is 3.55. The highest BCUT2D eigenvalue weighted by Crippen LogP contribution is 2.34. The van der Waals surface area contributed by atoms with Gasteiger partial charge in [-0.3, -0.25) is 0 Å². The van der Waals surface area contributed by atoms with Crippen molar-refractivity contribution in [2.45, 2.75) is 36.6 Å². The molecule has 0 atom stereocenters. The number of nitrogens with zero attached hydrogens (tertiary/aromatic N) is 3. The zero-order chi connectivity index (χ0) is 23.5. The number of sulfonamides is 1. The molecule has 0 bridgehead atoms. The Labute approximate surface area is 204 Å². The van der Waals surface area contributed by atoms with Crippen molar-refractivity contribution in [2.75, 3.05) is 33.4 Å². The Hall–Kier alpha value is -2.46. The molecule has 2 heterocycles. The van der Waals surface area contributed by atoms with Crippen LogP contribution in [0.4, 0.5) is 5.69 Å². The summed E-state index contributed by atoms with van der Waals surface area (Å²) in [7, 11) is -1.84. The molecule has 0 amide bonds. The summed E-state index contributed by atoms with van der Waals surface area (Å²) in [5.41, 5.74) is 3.04. The fourth-order valence-electron chi connectivity index (χ4n) is 4.63. The SMILES string of the molecule is COc1ccc(-c2csc(=Nc3ccc(S(=O)(=O)N4CCOCC4)cc3)n2C2CCCC2)cc1. The molecule has 1 saturated carbocycles. The lowest BCUT2D eigenvalue weighted by molar-refractivity contribution is 0.0730. The third-order valence-corrected chi connectivity index (χ3v) is 9.24. The van der Waals surface area contributed by atoms with Crippen LogP contribution in [0, 0.1) is 0 Å². The zero-order valence-electron chi connectivity index (χ0n) is 19.2. The van der Waals surface area contributed by atoms with E-state index in [4.69, 9.17) is 14.5 Å². The predicted molar refractivity (Wildman–Crippen MR) is 133 cm³/mol. The number of methoxy groups -OCH3 is 1. The molecule has 3 aromatic rings. The second kappa shape index (κ2) is 10.0. The van der Waals surface area contributed by atoms with Gasteiger partial charge in [-0.25, -0.2) is 13.4 Å². The van der Waals surface area contributed by atoms with E-state index in [1.165, 1.54) is 17.1 Å². The normalized spacial score (nSPS) is 18.4. The van der Waals surface area contributed by atoms with Crippen LogP contribution < -0.4 is 9.54 Å². The Kier molecular flexibility index (Phi) is 6.87. The summed E-state index contributed by atoms with van der Waals surface area (Å²) >= 11 is 1.62. The molecule has 0 spiro atoms. The first-order valence-corrected chi connectivity index (χ1v) is 14.0. The van der Waals surface area contributed by atoms with Crippen LogP contribution in [0.1, 0.15) is 31.7 Å².